The summed E-state index contributed by atoms with van der Waals surface area (Å²) in [5, 5.41) is 1.66. The molecule has 2 heteroatoms. The lowest BCUT2D eigenvalue weighted by Crippen LogP contribution is -2.57. The van der Waals surface area contributed by atoms with Crippen LogP contribution in [-0.2, 0) is 0 Å². The quantitative estimate of drug-likeness (QED) is 0.355. The van der Waals surface area contributed by atoms with Crippen molar-refractivity contribution in [1.82, 2.24) is 0 Å². The minimum atomic E-state index is -1.65. The van der Waals surface area contributed by atoms with Crippen LogP contribution >= 0.6 is 11.8 Å². The molecule has 0 bridgehead atoms. The zero-order valence-corrected chi connectivity index (χ0v) is 18.6. The van der Waals surface area contributed by atoms with Crippen molar-refractivity contribution < 1.29 is 0 Å². The third-order valence-corrected chi connectivity index (χ3v) is 13.3. The first-order valence-corrected chi connectivity index (χ1v) is 13.5. The van der Waals surface area contributed by atoms with Gasteiger partial charge < -0.3 is 0 Å². The highest BCUT2D eigenvalue weighted by Gasteiger charge is 2.53. The third kappa shape index (κ3) is 3.70. The van der Waals surface area contributed by atoms with E-state index in [0.717, 1.165) is 6.42 Å². The van der Waals surface area contributed by atoms with Crippen molar-refractivity contribution in [2.45, 2.75) is 77.8 Å². The maximum Gasteiger partial charge on any atom is 0.103 e. The summed E-state index contributed by atoms with van der Waals surface area (Å²) < 4.78 is 0.292. The van der Waals surface area contributed by atoms with Gasteiger partial charge in [0.1, 0.15) is 8.07 Å². The molecule has 0 nitrogen and oxygen atoms in total. The summed E-state index contributed by atoms with van der Waals surface area (Å²) in [6.45, 7) is 17.0. The number of unbranched alkanes of at least 4 members (excludes halogenated alkanes) is 1. The first-order chi connectivity index (χ1) is 11.1. The molecule has 0 aliphatic heterocycles. The van der Waals surface area contributed by atoms with E-state index in [-0.39, 0.29) is 5.41 Å². The number of rotatable bonds is 6. The average Bonchev–Trinajstić information content (AvgIpc) is 3.03. The van der Waals surface area contributed by atoms with Crippen LogP contribution in [0.25, 0.3) is 0 Å². The van der Waals surface area contributed by atoms with E-state index < -0.39 is 8.07 Å². The van der Waals surface area contributed by atoms with Crippen LogP contribution in [0.2, 0.25) is 13.1 Å². The minimum absolute atomic E-state index is 0.224. The number of hydrogen-bond acceptors (Lipinski definition) is 1. The molecule has 0 N–H and O–H groups in total. The molecule has 0 amide bonds. The summed E-state index contributed by atoms with van der Waals surface area (Å²) in [7, 11) is -1.65. The van der Waals surface area contributed by atoms with Crippen LogP contribution in [0, 0.1) is 5.41 Å². The minimum Gasteiger partial charge on any atom is -0.153 e. The molecule has 2 aliphatic rings. The molecule has 0 spiro atoms. The van der Waals surface area contributed by atoms with Crippen LogP contribution in [0.5, 0.6) is 0 Å². The van der Waals surface area contributed by atoms with Crippen LogP contribution in [0.4, 0.5) is 0 Å². The van der Waals surface area contributed by atoms with Gasteiger partial charge in [-0.05, 0) is 37.4 Å². The van der Waals surface area contributed by atoms with Crippen molar-refractivity contribution in [3.05, 3.63) is 46.7 Å². The molecule has 1 unspecified atom stereocenters. The predicted molar refractivity (Wildman–Crippen MR) is 115 cm³/mol. The molecular weight excluding hydrogens is 324 g/mol. The Bertz CT molecular complexity index is 584. The smallest absolute Gasteiger partial charge is 0.103 e. The molecule has 0 aromatic carbocycles. The summed E-state index contributed by atoms with van der Waals surface area (Å²) in [6, 6.07) is 0. The fourth-order valence-electron chi connectivity index (χ4n) is 4.09. The maximum atomic E-state index is 2.61. The van der Waals surface area contributed by atoms with Crippen LogP contribution in [0.1, 0.15) is 60.3 Å². The standard InChI is InChI=1S/C22H36SSi/c1-8-9-16-23-22(24(6,7)19-12-10-11-13-19)15-14-18(2)17-20(22)21(3,4)5/h10,12-14,17H,8-9,11,15-16H2,1-7H3. The molecule has 0 saturated carbocycles. The summed E-state index contributed by atoms with van der Waals surface area (Å²) >= 11 is 2.27. The molecule has 0 radical (unpaired) electrons. The Morgan fingerprint density at radius 1 is 1.21 bits per heavy atom. The van der Waals surface area contributed by atoms with E-state index in [1.165, 1.54) is 30.6 Å². The normalized spacial score (nSPS) is 24.7. The summed E-state index contributed by atoms with van der Waals surface area (Å²) in [4.78, 5) is 0. The summed E-state index contributed by atoms with van der Waals surface area (Å²) in [5.74, 6) is 1.28. The number of hydrogen-bond donors (Lipinski definition) is 0. The van der Waals surface area contributed by atoms with Gasteiger partial charge in [-0.25, -0.2) is 0 Å². The van der Waals surface area contributed by atoms with Gasteiger partial charge in [-0.2, -0.15) is 11.8 Å². The zero-order valence-electron chi connectivity index (χ0n) is 16.8. The zero-order chi connectivity index (χ0) is 18.0. The Kier molecular flexibility index (Phi) is 6.13. The van der Waals surface area contributed by atoms with Crippen molar-refractivity contribution >= 4 is 19.8 Å². The Morgan fingerprint density at radius 3 is 2.46 bits per heavy atom. The molecule has 1 atom stereocenters. The summed E-state index contributed by atoms with van der Waals surface area (Å²) in [6.07, 6.45) is 17.3. The SMILES string of the molecule is CCCCSC1([Si](C)(C)C2=CCC=C2)CC=C(C)C=C1C(C)(C)C. The van der Waals surface area contributed by atoms with Crippen molar-refractivity contribution in [1.29, 1.82) is 0 Å². The van der Waals surface area contributed by atoms with Gasteiger partial charge >= 0.3 is 0 Å². The van der Waals surface area contributed by atoms with Crippen molar-refractivity contribution in [3.63, 3.8) is 0 Å². The summed E-state index contributed by atoms with van der Waals surface area (Å²) in [5.41, 5.74) is 3.36. The van der Waals surface area contributed by atoms with Gasteiger partial charge in [0, 0.05) is 4.37 Å². The Hall–Kier alpha value is -0.473. The molecule has 2 rings (SSSR count). The van der Waals surface area contributed by atoms with Crippen LogP contribution in [0.3, 0.4) is 0 Å². The Labute approximate surface area is 155 Å². The van der Waals surface area contributed by atoms with Gasteiger partial charge in [0.2, 0.25) is 0 Å². The Balaban J connectivity index is 2.55. The van der Waals surface area contributed by atoms with Crippen molar-refractivity contribution in [3.8, 4) is 0 Å². The van der Waals surface area contributed by atoms with E-state index in [4.69, 9.17) is 0 Å². The van der Waals surface area contributed by atoms with E-state index in [1.54, 1.807) is 10.8 Å². The highest BCUT2D eigenvalue weighted by atomic mass is 32.2. The monoisotopic (exact) mass is 360 g/mol. The van der Waals surface area contributed by atoms with Gasteiger partial charge in [-0.3, -0.25) is 0 Å². The van der Waals surface area contributed by atoms with E-state index in [9.17, 15) is 0 Å². The molecule has 0 heterocycles. The lowest BCUT2D eigenvalue weighted by atomic mass is 9.80. The lowest BCUT2D eigenvalue weighted by Gasteiger charge is -2.52. The molecule has 0 saturated heterocycles. The fraction of sp³-hybridized carbons (Fsp3) is 0.636. The topological polar surface area (TPSA) is 0 Å². The number of thioether (sulfide) groups is 1. The molecule has 0 fully saturated rings. The maximum absolute atomic E-state index is 2.61. The fourth-order valence-corrected chi connectivity index (χ4v) is 11.1. The van der Waals surface area contributed by atoms with Crippen molar-refractivity contribution in [2.75, 3.05) is 5.75 Å². The second kappa shape index (κ2) is 7.41. The second-order valence-electron chi connectivity index (χ2n) is 8.91. The molecule has 0 aromatic rings. The van der Waals surface area contributed by atoms with Gasteiger partial charge in [0.15, 0.2) is 0 Å². The molecule has 134 valence electrons. The highest BCUT2D eigenvalue weighted by Crippen LogP contribution is 2.55. The number of allylic oxidation sites excluding steroid dienone is 7. The van der Waals surface area contributed by atoms with Gasteiger partial charge in [-0.15, -0.1) is 0 Å². The molecule has 2 aliphatic carbocycles. The largest absolute Gasteiger partial charge is 0.153 e. The molecular formula is C22H36SSi. The molecule has 24 heavy (non-hydrogen) atoms. The second-order valence-corrected chi connectivity index (χ2v) is 15.3. The van der Waals surface area contributed by atoms with Crippen LogP contribution in [0.15, 0.2) is 46.7 Å². The first kappa shape index (κ1) is 19.8. The molecule has 0 aromatic heterocycles. The van der Waals surface area contributed by atoms with Gasteiger partial charge in [0.25, 0.3) is 0 Å². The van der Waals surface area contributed by atoms with Gasteiger partial charge in [0.05, 0.1) is 0 Å². The van der Waals surface area contributed by atoms with E-state index >= 15 is 0 Å². The van der Waals surface area contributed by atoms with E-state index in [1.807, 2.05) is 0 Å². The third-order valence-electron chi connectivity index (χ3n) is 5.68. The van der Waals surface area contributed by atoms with E-state index in [0.29, 0.717) is 4.37 Å². The highest BCUT2D eigenvalue weighted by molar-refractivity contribution is 8.02. The Morgan fingerprint density at radius 2 is 1.92 bits per heavy atom. The first-order valence-electron chi connectivity index (χ1n) is 9.55. The van der Waals surface area contributed by atoms with Gasteiger partial charge in [-0.1, -0.05) is 93.9 Å². The lowest BCUT2D eigenvalue weighted by molar-refractivity contribution is 0.469. The average molecular weight is 361 g/mol. The van der Waals surface area contributed by atoms with Crippen LogP contribution < -0.4 is 0 Å². The van der Waals surface area contributed by atoms with Crippen LogP contribution in [-0.4, -0.2) is 18.2 Å². The van der Waals surface area contributed by atoms with E-state index in [2.05, 4.69) is 89.9 Å². The predicted octanol–water partition coefficient (Wildman–Crippen LogP) is 7.25. The van der Waals surface area contributed by atoms with Crippen molar-refractivity contribution in [2.24, 2.45) is 5.41 Å².